The van der Waals surface area contributed by atoms with Gasteiger partial charge in [-0.1, -0.05) is 34.7 Å². The highest BCUT2D eigenvalue weighted by molar-refractivity contribution is 7.22. The Bertz CT molecular complexity index is 1200. The van der Waals surface area contributed by atoms with Crippen molar-refractivity contribution in [2.45, 2.75) is 13.0 Å². The number of fused-ring (bicyclic) bond motifs is 2. The highest BCUT2D eigenvalue weighted by Crippen LogP contribution is 2.32. The van der Waals surface area contributed by atoms with Crippen molar-refractivity contribution in [3.63, 3.8) is 0 Å². The number of nitrogens with zero attached hydrogens (tertiary/aromatic N) is 4. The molecule has 0 saturated carbocycles. The van der Waals surface area contributed by atoms with E-state index in [0.717, 1.165) is 4.70 Å². The van der Waals surface area contributed by atoms with E-state index < -0.39 is 0 Å². The minimum Gasteiger partial charge on any atom is -0.494 e. The van der Waals surface area contributed by atoms with Crippen molar-refractivity contribution in [3.05, 3.63) is 52.8 Å². The molecule has 0 fully saturated rings. The van der Waals surface area contributed by atoms with Gasteiger partial charge in [-0.25, -0.2) is 9.67 Å². The fourth-order valence-corrected chi connectivity index (χ4v) is 3.60. The zero-order valence-electron chi connectivity index (χ0n) is 14.4. The van der Waals surface area contributed by atoms with E-state index in [9.17, 15) is 9.59 Å². The molecule has 0 unspecified atom stereocenters. The molecule has 0 atom stereocenters. The van der Waals surface area contributed by atoms with E-state index in [4.69, 9.17) is 4.74 Å². The van der Waals surface area contributed by atoms with Gasteiger partial charge in [-0.05, 0) is 24.3 Å². The molecule has 0 bridgehead atoms. The van der Waals surface area contributed by atoms with Gasteiger partial charge in [0.1, 0.15) is 16.8 Å². The van der Waals surface area contributed by atoms with Gasteiger partial charge in [0.2, 0.25) is 5.91 Å². The van der Waals surface area contributed by atoms with Gasteiger partial charge >= 0.3 is 0 Å². The van der Waals surface area contributed by atoms with Crippen molar-refractivity contribution in [1.29, 1.82) is 0 Å². The standard InChI is InChI=1S/C18H15N5O3S/c1-26-13-7-4-8-14-16(13)20-18(27-14)19-15(24)9-10-23-17(25)11-5-2-3-6-12(11)21-22-23/h2-8H,9-10H2,1H3,(H,19,20,24). The SMILES string of the molecule is COc1cccc2sc(NC(=O)CCn3nnc4ccccc4c3=O)nc12. The molecule has 2 aromatic carbocycles. The predicted octanol–water partition coefficient (Wildman–Crippen LogP) is 2.44. The molecular formula is C18H15N5O3S. The van der Waals surface area contributed by atoms with Crippen LogP contribution in [-0.2, 0) is 11.3 Å². The Morgan fingerprint density at radius 2 is 2.07 bits per heavy atom. The molecular weight excluding hydrogens is 366 g/mol. The largest absolute Gasteiger partial charge is 0.494 e. The maximum absolute atomic E-state index is 12.4. The van der Waals surface area contributed by atoms with Crippen LogP contribution in [0.3, 0.4) is 0 Å². The molecule has 136 valence electrons. The van der Waals surface area contributed by atoms with Gasteiger partial charge in [-0.15, -0.1) is 5.10 Å². The van der Waals surface area contributed by atoms with E-state index >= 15 is 0 Å². The number of hydrogen-bond donors (Lipinski definition) is 1. The molecule has 2 heterocycles. The van der Waals surface area contributed by atoms with Crippen molar-refractivity contribution in [1.82, 2.24) is 20.0 Å². The number of benzene rings is 2. The maximum atomic E-state index is 12.4. The number of methoxy groups -OCH3 is 1. The van der Waals surface area contributed by atoms with Gasteiger partial charge in [0.15, 0.2) is 5.13 Å². The molecule has 0 aliphatic carbocycles. The monoisotopic (exact) mass is 381 g/mol. The summed E-state index contributed by atoms with van der Waals surface area (Å²) >= 11 is 1.36. The lowest BCUT2D eigenvalue weighted by Gasteiger charge is -2.04. The summed E-state index contributed by atoms with van der Waals surface area (Å²) in [6.07, 6.45) is 0.0833. The minimum absolute atomic E-state index is 0.0833. The first-order valence-electron chi connectivity index (χ1n) is 8.21. The number of carbonyl (C=O) groups is 1. The number of thiazole rings is 1. The van der Waals surface area contributed by atoms with Gasteiger partial charge < -0.3 is 10.1 Å². The zero-order valence-corrected chi connectivity index (χ0v) is 15.2. The number of carbonyl (C=O) groups excluding carboxylic acids is 1. The normalized spacial score (nSPS) is 11.0. The lowest BCUT2D eigenvalue weighted by atomic mass is 10.2. The van der Waals surface area contributed by atoms with Gasteiger partial charge in [-0.2, -0.15) is 0 Å². The molecule has 0 saturated heterocycles. The number of para-hydroxylation sites is 1. The van der Waals surface area contributed by atoms with E-state index in [0.29, 0.717) is 27.3 Å². The Morgan fingerprint density at radius 1 is 1.22 bits per heavy atom. The Kier molecular flexibility index (Phi) is 4.51. The van der Waals surface area contributed by atoms with E-state index in [1.54, 1.807) is 31.4 Å². The molecule has 0 spiro atoms. The van der Waals surface area contributed by atoms with Crippen LogP contribution in [0.5, 0.6) is 5.75 Å². The average molecular weight is 381 g/mol. The second-order valence-electron chi connectivity index (χ2n) is 5.76. The van der Waals surface area contributed by atoms with Crippen molar-refractivity contribution in [3.8, 4) is 5.75 Å². The fraction of sp³-hybridized carbons (Fsp3) is 0.167. The van der Waals surface area contributed by atoms with Crippen LogP contribution in [0.2, 0.25) is 0 Å². The quantitative estimate of drug-likeness (QED) is 0.570. The average Bonchev–Trinajstić information content (AvgIpc) is 3.10. The molecule has 2 aromatic heterocycles. The van der Waals surface area contributed by atoms with E-state index in [2.05, 4.69) is 20.6 Å². The number of ether oxygens (including phenoxy) is 1. The number of nitrogens with one attached hydrogen (secondary N) is 1. The molecule has 4 aromatic rings. The van der Waals surface area contributed by atoms with E-state index in [1.807, 2.05) is 18.2 Å². The Hall–Kier alpha value is -3.33. The van der Waals surface area contributed by atoms with Crippen molar-refractivity contribution >= 4 is 43.5 Å². The summed E-state index contributed by atoms with van der Waals surface area (Å²) < 4.78 is 7.39. The second-order valence-corrected chi connectivity index (χ2v) is 6.79. The van der Waals surface area contributed by atoms with Crippen LogP contribution in [-0.4, -0.2) is 33.0 Å². The Morgan fingerprint density at radius 3 is 2.93 bits per heavy atom. The fourth-order valence-electron chi connectivity index (χ4n) is 2.70. The van der Waals surface area contributed by atoms with Crippen LogP contribution >= 0.6 is 11.3 Å². The number of anilines is 1. The highest BCUT2D eigenvalue weighted by atomic mass is 32.1. The maximum Gasteiger partial charge on any atom is 0.277 e. The summed E-state index contributed by atoms with van der Waals surface area (Å²) in [6, 6.07) is 12.6. The number of aromatic nitrogens is 4. The van der Waals surface area contributed by atoms with Crippen LogP contribution in [0.25, 0.3) is 21.1 Å². The highest BCUT2D eigenvalue weighted by Gasteiger charge is 2.12. The first kappa shape index (κ1) is 17.1. The van der Waals surface area contributed by atoms with Crippen molar-refractivity contribution in [2.24, 2.45) is 0 Å². The summed E-state index contributed by atoms with van der Waals surface area (Å²) in [5.41, 5.74) is 0.974. The first-order valence-corrected chi connectivity index (χ1v) is 9.03. The van der Waals surface area contributed by atoms with Crippen LogP contribution in [0.15, 0.2) is 47.3 Å². The summed E-state index contributed by atoms with van der Waals surface area (Å²) in [7, 11) is 1.58. The van der Waals surface area contributed by atoms with E-state index in [1.165, 1.54) is 16.0 Å². The predicted molar refractivity (Wildman–Crippen MR) is 103 cm³/mol. The molecule has 4 rings (SSSR count). The van der Waals surface area contributed by atoms with Gasteiger partial charge in [0.25, 0.3) is 5.56 Å². The molecule has 0 aliphatic heterocycles. The number of amides is 1. The summed E-state index contributed by atoms with van der Waals surface area (Å²) in [6.45, 7) is 0.136. The summed E-state index contributed by atoms with van der Waals surface area (Å²) in [5, 5.41) is 11.6. The second kappa shape index (κ2) is 7.12. The summed E-state index contributed by atoms with van der Waals surface area (Å²) in [5.74, 6) is 0.400. The summed E-state index contributed by atoms with van der Waals surface area (Å²) in [4.78, 5) is 29.0. The third kappa shape index (κ3) is 3.36. The zero-order chi connectivity index (χ0) is 18.8. The van der Waals surface area contributed by atoms with Crippen LogP contribution in [0, 0.1) is 0 Å². The van der Waals surface area contributed by atoms with E-state index in [-0.39, 0.29) is 24.4 Å². The van der Waals surface area contributed by atoms with Gasteiger partial charge in [0.05, 0.1) is 23.7 Å². The molecule has 27 heavy (non-hydrogen) atoms. The minimum atomic E-state index is -0.266. The number of aryl methyl sites for hydroxylation is 1. The smallest absolute Gasteiger partial charge is 0.277 e. The number of rotatable bonds is 5. The third-order valence-corrected chi connectivity index (χ3v) is 4.96. The Balaban J connectivity index is 1.47. The molecule has 0 radical (unpaired) electrons. The molecule has 9 heteroatoms. The Labute approximate surface area is 157 Å². The van der Waals surface area contributed by atoms with Crippen molar-refractivity contribution < 1.29 is 9.53 Å². The van der Waals surface area contributed by atoms with Crippen LogP contribution in [0.1, 0.15) is 6.42 Å². The lowest BCUT2D eigenvalue weighted by Crippen LogP contribution is -2.26. The van der Waals surface area contributed by atoms with Crippen molar-refractivity contribution in [2.75, 3.05) is 12.4 Å². The molecule has 1 N–H and O–H groups in total. The molecule has 1 amide bonds. The molecule has 0 aliphatic rings. The topological polar surface area (TPSA) is 99.0 Å². The third-order valence-electron chi connectivity index (χ3n) is 4.03. The number of hydrogen-bond acceptors (Lipinski definition) is 7. The van der Waals surface area contributed by atoms with Gasteiger partial charge in [-0.3, -0.25) is 9.59 Å². The first-order chi connectivity index (χ1) is 13.2. The van der Waals surface area contributed by atoms with Gasteiger partial charge in [0, 0.05) is 6.42 Å². The molecule has 8 nitrogen and oxygen atoms in total. The lowest BCUT2D eigenvalue weighted by molar-refractivity contribution is -0.116. The van der Waals surface area contributed by atoms with Crippen LogP contribution < -0.4 is 15.6 Å². The van der Waals surface area contributed by atoms with Crippen LogP contribution in [0.4, 0.5) is 5.13 Å².